The Labute approximate surface area is 203 Å². The molecule has 2 aliphatic heterocycles. The number of anilines is 1. The second-order valence-electron chi connectivity index (χ2n) is 9.94. The van der Waals surface area contributed by atoms with Crippen molar-refractivity contribution < 1.29 is 27.9 Å². The third-order valence-electron chi connectivity index (χ3n) is 6.38. The largest absolute Gasteiger partial charge is 0.490 e. The number of aromatic nitrogens is 2. The number of carboxylic acids is 1. The SMILES string of the molecule is CC(C)CCN1c2cccnc2-n2cccc2C12CCN(C(=O)CC(C)C)C2.O=C(O)C(F)(F)F. The van der Waals surface area contributed by atoms with E-state index in [4.69, 9.17) is 14.9 Å². The standard InChI is InChI=1S/C23H32N4O.C2HF3O2/c1-17(2)9-13-27-19-7-5-11-24-22(19)26-12-6-8-20(26)23(27)10-14-25(16-23)21(28)15-18(3)4;3-2(4,5)1(6)7/h5-8,11-12,17-18H,9-10,13-16H2,1-4H3;(H,6,7). The molecule has 7 nitrogen and oxygen atoms in total. The summed E-state index contributed by atoms with van der Waals surface area (Å²) < 4.78 is 34.0. The molecule has 1 fully saturated rings. The quantitative estimate of drug-likeness (QED) is 0.643. The molecule has 0 saturated carbocycles. The molecule has 192 valence electrons. The second kappa shape index (κ2) is 10.3. The van der Waals surface area contributed by atoms with E-state index in [9.17, 15) is 18.0 Å². The molecule has 1 unspecified atom stereocenters. The van der Waals surface area contributed by atoms with Crippen molar-refractivity contribution in [2.75, 3.05) is 24.5 Å². The smallest absolute Gasteiger partial charge is 0.475 e. The number of hydrogen-bond acceptors (Lipinski definition) is 4. The number of alkyl halides is 3. The lowest BCUT2D eigenvalue weighted by Gasteiger charge is -2.47. The number of aliphatic carboxylic acids is 1. The highest BCUT2D eigenvalue weighted by Crippen LogP contribution is 2.47. The normalized spacial score (nSPS) is 19.0. The molecule has 0 aromatic carbocycles. The Morgan fingerprint density at radius 2 is 1.83 bits per heavy atom. The van der Waals surface area contributed by atoms with Gasteiger partial charge in [-0.3, -0.25) is 4.79 Å². The molecule has 4 heterocycles. The summed E-state index contributed by atoms with van der Waals surface area (Å²) in [5.41, 5.74) is 2.29. The fraction of sp³-hybridized carbons (Fsp3) is 0.560. The summed E-state index contributed by atoms with van der Waals surface area (Å²) in [6.45, 7) is 11.3. The molecule has 0 aliphatic carbocycles. The highest BCUT2D eigenvalue weighted by molar-refractivity contribution is 5.77. The predicted molar refractivity (Wildman–Crippen MR) is 126 cm³/mol. The Hall–Kier alpha value is -3.04. The number of fused-ring (bicyclic) bond motifs is 4. The number of likely N-dealkylation sites (tertiary alicyclic amines) is 1. The summed E-state index contributed by atoms with van der Waals surface area (Å²) in [5, 5.41) is 7.12. The Bertz CT molecular complexity index is 1050. The maximum Gasteiger partial charge on any atom is 0.490 e. The van der Waals surface area contributed by atoms with Gasteiger partial charge in [-0.05, 0) is 48.9 Å². The zero-order valence-corrected chi connectivity index (χ0v) is 20.5. The number of halogens is 3. The lowest BCUT2D eigenvalue weighted by molar-refractivity contribution is -0.192. The Kier molecular flexibility index (Phi) is 7.81. The maximum absolute atomic E-state index is 12.8. The number of pyridine rings is 1. The zero-order chi connectivity index (χ0) is 26.0. The molecular weight excluding hydrogens is 461 g/mol. The molecule has 1 N–H and O–H groups in total. The van der Waals surface area contributed by atoms with E-state index in [2.05, 4.69) is 66.5 Å². The minimum Gasteiger partial charge on any atom is -0.475 e. The molecular formula is C25H33F3N4O3. The van der Waals surface area contributed by atoms with Gasteiger partial charge in [0.2, 0.25) is 5.91 Å². The molecule has 1 spiro atoms. The summed E-state index contributed by atoms with van der Waals surface area (Å²) in [7, 11) is 0. The fourth-order valence-corrected chi connectivity index (χ4v) is 4.73. The molecule has 0 bridgehead atoms. The van der Waals surface area contributed by atoms with Crippen LogP contribution in [0, 0.1) is 11.8 Å². The van der Waals surface area contributed by atoms with Crippen LogP contribution >= 0.6 is 0 Å². The highest BCUT2D eigenvalue weighted by Gasteiger charge is 2.50. The molecule has 2 aromatic heterocycles. The lowest BCUT2D eigenvalue weighted by atomic mass is 9.88. The second-order valence-corrected chi connectivity index (χ2v) is 9.94. The van der Waals surface area contributed by atoms with Crippen molar-refractivity contribution in [2.45, 2.75) is 58.7 Å². The average molecular weight is 495 g/mol. The first kappa shape index (κ1) is 26.6. The van der Waals surface area contributed by atoms with Crippen LogP contribution in [0.4, 0.5) is 18.9 Å². The van der Waals surface area contributed by atoms with Crippen molar-refractivity contribution in [1.29, 1.82) is 0 Å². The summed E-state index contributed by atoms with van der Waals surface area (Å²) in [5.74, 6) is -0.450. The molecule has 2 aliphatic rings. The maximum atomic E-state index is 12.8. The average Bonchev–Trinajstić information content (AvgIpc) is 3.42. The van der Waals surface area contributed by atoms with Gasteiger partial charge in [0.15, 0.2) is 5.82 Å². The van der Waals surface area contributed by atoms with E-state index in [0.717, 1.165) is 38.3 Å². The molecule has 2 aromatic rings. The van der Waals surface area contributed by atoms with E-state index in [0.29, 0.717) is 18.3 Å². The van der Waals surface area contributed by atoms with Gasteiger partial charge in [-0.25, -0.2) is 9.78 Å². The van der Waals surface area contributed by atoms with E-state index in [1.165, 1.54) is 11.4 Å². The zero-order valence-electron chi connectivity index (χ0n) is 20.5. The molecule has 1 saturated heterocycles. The number of carbonyl (C=O) groups excluding carboxylic acids is 1. The number of carbonyl (C=O) groups is 2. The number of rotatable bonds is 5. The molecule has 10 heteroatoms. The number of hydrogen-bond donors (Lipinski definition) is 1. The first-order valence-corrected chi connectivity index (χ1v) is 11.9. The van der Waals surface area contributed by atoms with E-state index >= 15 is 0 Å². The van der Waals surface area contributed by atoms with E-state index < -0.39 is 12.1 Å². The van der Waals surface area contributed by atoms with Crippen LogP contribution in [0.2, 0.25) is 0 Å². The van der Waals surface area contributed by atoms with Gasteiger partial charge in [-0.1, -0.05) is 27.7 Å². The van der Waals surface area contributed by atoms with Crippen LogP contribution in [-0.2, 0) is 15.1 Å². The number of carboxylic acid groups (broad SMARTS) is 1. The minimum atomic E-state index is -5.08. The van der Waals surface area contributed by atoms with Crippen LogP contribution in [0.25, 0.3) is 5.82 Å². The van der Waals surface area contributed by atoms with Crippen molar-refractivity contribution in [1.82, 2.24) is 14.5 Å². The molecule has 1 amide bonds. The van der Waals surface area contributed by atoms with Gasteiger partial charge in [0.05, 0.1) is 11.4 Å². The monoisotopic (exact) mass is 494 g/mol. The topological polar surface area (TPSA) is 78.7 Å². The van der Waals surface area contributed by atoms with Crippen molar-refractivity contribution in [3.63, 3.8) is 0 Å². The van der Waals surface area contributed by atoms with Crippen molar-refractivity contribution >= 4 is 17.6 Å². The van der Waals surface area contributed by atoms with Gasteiger partial charge in [-0.2, -0.15) is 13.2 Å². The van der Waals surface area contributed by atoms with Crippen LogP contribution in [0.1, 0.15) is 52.7 Å². The van der Waals surface area contributed by atoms with E-state index in [1.807, 2.05) is 12.3 Å². The lowest BCUT2D eigenvalue weighted by Crippen LogP contribution is -2.53. The van der Waals surface area contributed by atoms with Crippen LogP contribution in [0.3, 0.4) is 0 Å². The van der Waals surface area contributed by atoms with Gasteiger partial charge in [0.1, 0.15) is 5.54 Å². The van der Waals surface area contributed by atoms with E-state index in [1.54, 1.807) is 0 Å². The molecule has 35 heavy (non-hydrogen) atoms. The van der Waals surface area contributed by atoms with Crippen molar-refractivity contribution in [3.05, 3.63) is 42.4 Å². The number of nitrogens with zero attached hydrogens (tertiary/aromatic N) is 4. The highest BCUT2D eigenvalue weighted by atomic mass is 19.4. The van der Waals surface area contributed by atoms with Gasteiger partial charge >= 0.3 is 12.1 Å². The Morgan fingerprint density at radius 1 is 1.14 bits per heavy atom. The third kappa shape index (κ3) is 5.62. The summed E-state index contributed by atoms with van der Waals surface area (Å²) in [6, 6.07) is 8.54. The van der Waals surface area contributed by atoms with Crippen molar-refractivity contribution in [3.8, 4) is 5.82 Å². The van der Waals surface area contributed by atoms with Crippen LogP contribution in [0.15, 0.2) is 36.7 Å². The summed E-state index contributed by atoms with van der Waals surface area (Å²) in [4.78, 5) is 31.1. The van der Waals surface area contributed by atoms with Gasteiger partial charge < -0.3 is 19.5 Å². The Balaban J connectivity index is 0.000000429. The first-order valence-electron chi connectivity index (χ1n) is 11.9. The molecule has 1 atom stereocenters. The molecule has 0 radical (unpaired) electrons. The van der Waals surface area contributed by atoms with Crippen LogP contribution < -0.4 is 4.90 Å². The minimum absolute atomic E-state index is 0.166. The van der Waals surface area contributed by atoms with Gasteiger partial charge in [0, 0.05) is 38.4 Å². The summed E-state index contributed by atoms with van der Waals surface area (Å²) >= 11 is 0. The van der Waals surface area contributed by atoms with E-state index in [-0.39, 0.29) is 11.4 Å². The van der Waals surface area contributed by atoms with Gasteiger partial charge in [-0.15, -0.1) is 0 Å². The fourth-order valence-electron chi connectivity index (χ4n) is 4.73. The predicted octanol–water partition coefficient (Wildman–Crippen LogP) is 4.85. The Morgan fingerprint density at radius 3 is 2.43 bits per heavy atom. The molecule has 4 rings (SSSR count). The van der Waals surface area contributed by atoms with Crippen molar-refractivity contribution in [2.24, 2.45) is 11.8 Å². The number of amides is 1. The van der Waals surface area contributed by atoms with Crippen LogP contribution in [-0.4, -0.2) is 57.2 Å². The van der Waals surface area contributed by atoms with Gasteiger partial charge in [0.25, 0.3) is 0 Å². The third-order valence-corrected chi connectivity index (χ3v) is 6.38. The summed E-state index contributed by atoms with van der Waals surface area (Å²) in [6.07, 6.45) is 1.61. The first-order chi connectivity index (χ1) is 16.4. The van der Waals surface area contributed by atoms with Crippen LogP contribution in [0.5, 0.6) is 0 Å².